The van der Waals surface area contributed by atoms with Gasteiger partial charge < -0.3 is 29.6 Å². The van der Waals surface area contributed by atoms with Crippen molar-refractivity contribution in [3.63, 3.8) is 0 Å². The third-order valence-corrected chi connectivity index (χ3v) is 4.51. The molecule has 2 heterocycles. The van der Waals surface area contributed by atoms with Gasteiger partial charge >= 0.3 is 0 Å². The number of nitrogens with two attached hydrogens (primary N) is 1. The smallest absolute Gasteiger partial charge is 0.242 e. The highest BCUT2D eigenvalue weighted by Gasteiger charge is 2.52. The molecule has 132 valence electrons. The number of β-lactam (4-membered cyclic amide) rings is 1. The van der Waals surface area contributed by atoms with Gasteiger partial charge in [0.05, 0.1) is 26.9 Å². The van der Waals surface area contributed by atoms with Crippen molar-refractivity contribution in [1.82, 2.24) is 4.90 Å². The number of nitrogens with zero attached hydrogens (tertiary/aromatic N) is 1. The largest absolute Gasteiger partial charge is 0.493 e. The quantitative estimate of drug-likeness (QED) is 0.804. The number of carbonyl (C=O) groups is 1. The van der Waals surface area contributed by atoms with E-state index in [0.717, 1.165) is 5.56 Å². The van der Waals surface area contributed by atoms with Gasteiger partial charge in [0.25, 0.3) is 0 Å². The first-order chi connectivity index (χ1) is 11.4. The van der Waals surface area contributed by atoms with Crippen molar-refractivity contribution in [1.29, 1.82) is 0 Å². The second-order valence-corrected chi connectivity index (χ2v) is 6.54. The van der Waals surface area contributed by atoms with E-state index in [4.69, 9.17) is 24.7 Å². The van der Waals surface area contributed by atoms with Crippen LogP contribution < -0.4 is 15.2 Å². The normalized spacial score (nSPS) is 28.6. The summed E-state index contributed by atoms with van der Waals surface area (Å²) in [7, 11) is 3.17. The Morgan fingerprint density at radius 1 is 1.29 bits per heavy atom. The molecule has 3 atom stereocenters. The Morgan fingerprint density at radius 2 is 2.00 bits per heavy atom. The zero-order valence-corrected chi connectivity index (χ0v) is 14.4. The lowest BCUT2D eigenvalue weighted by atomic mass is 9.90. The third-order valence-electron chi connectivity index (χ3n) is 4.51. The fourth-order valence-corrected chi connectivity index (χ4v) is 3.27. The van der Waals surface area contributed by atoms with Crippen LogP contribution >= 0.6 is 0 Å². The Bertz CT molecular complexity index is 633. The highest BCUT2D eigenvalue weighted by molar-refractivity contribution is 5.89. The van der Waals surface area contributed by atoms with Crippen LogP contribution in [0.3, 0.4) is 0 Å². The summed E-state index contributed by atoms with van der Waals surface area (Å²) in [6, 6.07) is 4.86. The first-order valence-electron chi connectivity index (χ1n) is 7.95. The van der Waals surface area contributed by atoms with Crippen LogP contribution in [-0.2, 0) is 20.8 Å². The molecule has 0 bridgehead atoms. The number of rotatable bonds is 5. The molecule has 2 aliphatic heterocycles. The number of ether oxygens (including phenoxy) is 4. The van der Waals surface area contributed by atoms with E-state index in [1.807, 2.05) is 32.0 Å². The SMILES string of the molecule is COc1ccc(CN2C(=O)[C@H](N)[C@@H]2[C@H]2COC(C)(C)O2)cc1OC. The molecule has 0 aromatic heterocycles. The molecule has 3 rings (SSSR count). The van der Waals surface area contributed by atoms with Gasteiger partial charge in [0, 0.05) is 6.54 Å². The molecule has 0 unspecified atom stereocenters. The first kappa shape index (κ1) is 17.0. The Labute approximate surface area is 141 Å². The standard InChI is InChI=1S/C17H24N2O5/c1-17(2)23-9-13(24-17)15-14(18)16(20)19(15)8-10-5-6-11(21-3)12(7-10)22-4/h5-7,13-15H,8-9,18H2,1-4H3/t13-,14-,15+/m1/s1. The molecule has 1 amide bonds. The molecule has 2 aliphatic rings. The maximum atomic E-state index is 12.2. The minimum absolute atomic E-state index is 0.0805. The predicted octanol–water partition coefficient (Wildman–Crippen LogP) is 0.893. The van der Waals surface area contributed by atoms with E-state index in [1.54, 1.807) is 19.1 Å². The van der Waals surface area contributed by atoms with E-state index in [-0.39, 0.29) is 18.1 Å². The summed E-state index contributed by atoms with van der Waals surface area (Å²) in [4.78, 5) is 14.0. The molecular weight excluding hydrogens is 312 g/mol. The zero-order valence-electron chi connectivity index (χ0n) is 14.4. The summed E-state index contributed by atoms with van der Waals surface area (Å²) >= 11 is 0. The summed E-state index contributed by atoms with van der Waals surface area (Å²) in [5.41, 5.74) is 6.95. The first-order valence-corrected chi connectivity index (χ1v) is 7.95. The van der Waals surface area contributed by atoms with Gasteiger partial charge in [0.1, 0.15) is 12.1 Å². The van der Waals surface area contributed by atoms with E-state index < -0.39 is 11.8 Å². The molecule has 2 N–H and O–H groups in total. The Morgan fingerprint density at radius 3 is 2.58 bits per heavy atom. The van der Waals surface area contributed by atoms with Gasteiger partial charge in [-0.3, -0.25) is 4.79 Å². The van der Waals surface area contributed by atoms with Gasteiger partial charge in [-0.1, -0.05) is 6.07 Å². The maximum absolute atomic E-state index is 12.2. The van der Waals surface area contributed by atoms with Crippen LogP contribution in [0.25, 0.3) is 0 Å². The lowest BCUT2D eigenvalue weighted by Crippen LogP contribution is -2.72. The second-order valence-electron chi connectivity index (χ2n) is 6.54. The molecule has 1 aromatic rings. The Balaban J connectivity index is 1.75. The summed E-state index contributed by atoms with van der Waals surface area (Å²) in [5.74, 6) is 0.560. The van der Waals surface area contributed by atoms with Crippen LogP contribution in [0.5, 0.6) is 11.5 Å². The number of amides is 1. The summed E-state index contributed by atoms with van der Waals surface area (Å²) < 4.78 is 22.0. The molecule has 2 fully saturated rings. The van der Waals surface area contributed by atoms with Gasteiger partial charge in [-0.15, -0.1) is 0 Å². The fraction of sp³-hybridized carbons (Fsp3) is 0.588. The van der Waals surface area contributed by atoms with Crippen LogP contribution in [0.15, 0.2) is 18.2 Å². The van der Waals surface area contributed by atoms with Gasteiger partial charge in [0.2, 0.25) is 5.91 Å². The maximum Gasteiger partial charge on any atom is 0.242 e. The zero-order chi connectivity index (χ0) is 17.5. The van der Waals surface area contributed by atoms with Crippen LogP contribution in [0.2, 0.25) is 0 Å². The second kappa shape index (κ2) is 6.23. The number of benzene rings is 1. The number of hydrogen-bond acceptors (Lipinski definition) is 6. The van der Waals surface area contributed by atoms with Crippen molar-refractivity contribution < 1.29 is 23.7 Å². The molecule has 0 aliphatic carbocycles. The van der Waals surface area contributed by atoms with Crippen molar-refractivity contribution in [3.05, 3.63) is 23.8 Å². The van der Waals surface area contributed by atoms with Gasteiger partial charge in [-0.25, -0.2) is 0 Å². The topological polar surface area (TPSA) is 83.3 Å². The molecule has 7 heteroatoms. The number of methoxy groups -OCH3 is 2. The fourth-order valence-electron chi connectivity index (χ4n) is 3.27. The van der Waals surface area contributed by atoms with E-state index in [9.17, 15) is 4.79 Å². The van der Waals surface area contributed by atoms with Crippen molar-refractivity contribution >= 4 is 5.91 Å². The number of carbonyl (C=O) groups excluding carboxylic acids is 1. The van der Waals surface area contributed by atoms with Crippen molar-refractivity contribution in [2.75, 3.05) is 20.8 Å². The summed E-state index contributed by atoms with van der Waals surface area (Å²) in [6.07, 6.45) is -0.215. The van der Waals surface area contributed by atoms with Crippen LogP contribution in [0, 0.1) is 0 Å². The van der Waals surface area contributed by atoms with E-state index in [1.165, 1.54) is 0 Å². The molecule has 2 saturated heterocycles. The minimum atomic E-state index is -0.641. The molecule has 7 nitrogen and oxygen atoms in total. The third kappa shape index (κ3) is 2.94. The Kier molecular flexibility index (Phi) is 4.42. The van der Waals surface area contributed by atoms with E-state index in [2.05, 4.69) is 0 Å². The molecule has 0 spiro atoms. The van der Waals surface area contributed by atoms with Crippen molar-refractivity contribution in [3.8, 4) is 11.5 Å². The average Bonchev–Trinajstić information content (AvgIpc) is 2.92. The van der Waals surface area contributed by atoms with E-state index in [0.29, 0.717) is 24.7 Å². The number of likely N-dealkylation sites (tertiary alicyclic amines) is 1. The highest BCUT2D eigenvalue weighted by Crippen LogP contribution is 2.34. The van der Waals surface area contributed by atoms with Gasteiger partial charge in [-0.2, -0.15) is 0 Å². The highest BCUT2D eigenvalue weighted by atomic mass is 16.7. The molecule has 1 aromatic carbocycles. The van der Waals surface area contributed by atoms with Crippen LogP contribution in [0.4, 0.5) is 0 Å². The van der Waals surface area contributed by atoms with Crippen LogP contribution in [0.1, 0.15) is 19.4 Å². The molecule has 0 saturated carbocycles. The summed E-state index contributed by atoms with van der Waals surface area (Å²) in [6.45, 7) is 4.59. The number of hydrogen-bond donors (Lipinski definition) is 1. The molecule has 0 radical (unpaired) electrons. The molecule has 24 heavy (non-hydrogen) atoms. The molecular formula is C17H24N2O5. The lowest BCUT2D eigenvalue weighted by molar-refractivity contribution is -0.172. The predicted molar refractivity (Wildman–Crippen MR) is 86.8 cm³/mol. The van der Waals surface area contributed by atoms with E-state index >= 15 is 0 Å². The average molecular weight is 336 g/mol. The van der Waals surface area contributed by atoms with Crippen LogP contribution in [-0.4, -0.2) is 55.6 Å². The summed E-state index contributed by atoms with van der Waals surface area (Å²) in [5, 5.41) is 0. The monoisotopic (exact) mass is 336 g/mol. The van der Waals surface area contributed by atoms with Crippen molar-refractivity contribution in [2.45, 2.75) is 44.4 Å². The minimum Gasteiger partial charge on any atom is -0.493 e. The van der Waals surface area contributed by atoms with Crippen molar-refractivity contribution in [2.24, 2.45) is 5.73 Å². The van der Waals surface area contributed by atoms with Gasteiger partial charge in [-0.05, 0) is 31.5 Å². The lowest BCUT2D eigenvalue weighted by Gasteiger charge is -2.47. The van der Waals surface area contributed by atoms with Gasteiger partial charge in [0.15, 0.2) is 17.3 Å². The Hall–Kier alpha value is -1.83.